The highest BCUT2D eigenvalue weighted by atomic mass is 19.1. The van der Waals surface area contributed by atoms with Crippen molar-refractivity contribution >= 4 is 17.4 Å². The molecule has 1 atom stereocenters. The minimum absolute atomic E-state index is 0.0533. The summed E-state index contributed by atoms with van der Waals surface area (Å²) in [5, 5.41) is 11.0. The number of ether oxygens (including phenoxy) is 1. The molecule has 1 amide bonds. The molecular weight excluding hydrogens is 437 g/mol. The molecule has 2 aromatic carbocycles. The molecule has 1 fully saturated rings. The number of amides is 1. The fourth-order valence-electron chi connectivity index (χ4n) is 4.01. The summed E-state index contributed by atoms with van der Waals surface area (Å²) < 4.78 is 24.6. The summed E-state index contributed by atoms with van der Waals surface area (Å²) in [4.78, 5) is 27.4. The Morgan fingerprint density at radius 1 is 1.06 bits per heavy atom. The van der Waals surface area contributed by atoms with Gasteiger partial charge in [-0.05, 0) is 60.5 Å². The van der Waals surface area contributed by atoms with E-state index in [1.165, 1.54) is 35.4 Å². The van der Waals surface area contributed by atoms with Crippen LogP contribution in [-0.2, 0) is 16.1 Å². The molecule has 1 aliphatic rings. The van der Waals surface area contributed by atoms with Crippen LogP contribution in [0, 0.1) is 5.82 Å². The minimum Gasteiger partial charge on any atom is -0.507 e. The Labute approximate surface area is 197 Å². The Balaban J connectivity index is 1.71. The number of carbonyl (C=O) groups is 2. The molecule has 176 valence electrons. The van der Waals surface area contributed by atoms with Gasteiger partial charge in [0.25, 0.3) is 11.7 Å². The molecule has 1 saturated heterocycles. The van der Waals surface area contributed by atoms with E-state index in [1.54, 1.807) is 36.4 Å². The first kappa shape index (κ1) is 23.3. The molecule has 0 radical (unpaired) electrons. The largest absolute Gasteiger partial charge is 0.507 e. The van der Waals surface area contributed by atoms with Crippen LogP contribution in [0.2, 0.25) is 0 Å². The van der Waals surface area contributed by atoms with E-state index in [2.05, 4.69) is 6.92 Å². The van der Waals surface area contributed by atoms with Gasteiger partial charge in [0.2, 0.25) is 0 Å². The predicted octanol–water partition coefficient (Wildman–Crippen LogP) is 5.61. The van der Waals surface area contributed by atoms with Gasteiger partial charge in [-0.3, -0.25) is 9.59 Å². The van der Waals surface area contributed by atoms with Crippen molar-refractivity contribution in [1.82, 2.24) is 4.90 Å². The molecule has 0 aliphatic carbocycles. The molecule has 0 bridgehead atoms. The number of carbonyl (C=O) groups excluding carboxylic acids is 2. The van der Waals surface area contributed by atoms with Crippen LogP contribution >= 0.6 is 0 Å². The smallest absolute Gasteiger partial charge is 0.296 e. The maximum absolute atomic E-state index is 13.4. The quantitative estimate of drug-likeness (QED) is 0.193. The van der Waals surface area contributed by atoms with Crippen molar-refractivity contribution in [3.05, 3.63) is 95.2 Å². The van der Waals surface area contributed by atoms with Gasteiger partial charge in [0.1, 0.15) is 23.1 Å². The van der Waals surface area contributed by atoms with Gasteiger partial charge >= 0.3 is 0 Å². The SMILES string of the molecule is CCCCCOc1ccc(C2/C(=C(\O)c3ccc(F)cc3)C(=O)C(=O)N2Cc2ccco2)cc1. The third-order valence-corrected chi connectivity index (χ3v) is 5.78. The number of hydrogen-bond donors (Lipinski definition) is 1. The highest BCUT2D eigenvalue weighted by Crippen LogP contribution is 2.40. The number of halogens is 1. The lowest BCUT2D eigenvalue weighted by molar-refractivity contribution is -0.140. The van der Waals surface area contributed by atoms with Crippen LogP contribution in [-0.4, -0.2) is 28.3 Å². The fourth-order valence-corrected chi connectivity index (χ4v) is 4.01. The first-order valence-corrected chi connectivity index (χ1v) is 11.3. The zero-order chi connectivity index (χ0) is 24.1. The summed E-state index contributed by atoms with van der Waals surface area (Å²) in [5.74, 6) is -1.19. The lowest BCUT2D eigenvalue weighted by Crippen LogP contribution is -2.29. The Kier molecular flexibility index (Phi) is 7.11. The molecule has 34 heavy (non-hydrogen) atoms. The van der Waals surface area contributed by atoms with Gasteiger partial charge in [0.15, 0.2) is 0 Å². The van der Waals surface area contributed by atoms with Crippen LogP contribution in [0.4, 0.5) is 4.39 Å². The minimum atomic E-state index is -0.843. The van der Waals surface area contributed by atoms with Crippen molar-refractivity contribution in [2.75, 3.05) is 6.61 Å². The first-order chi connectivity index (χ1) is 16.5. The molecule has 1 N–H and O–H groups in total. The molecule has 1 unspecified atom stereocenters. The first-order valence-electron chi connectivity index (χ1n) is 11.3. The van der Waals surface area contributed by atoms with Crippen LogP contribution < -0.4 is 4.74 Å². The van der Waals surface area contributed by atoms with E-state index in [9.17, 15) is 19.1 Å². The monoisotopic (exact) mass is 463 g/mol. The van der Waals surface area contributed by atoms with E-state index in [0.717, 1.165) is 19.3 Å². The maximum Gasteiger partial charge on any atom is 0.296 e. The summed E-state index contributed by atoms with van der Waals surface area (Å²) in [6.07, 6.45) is 4.64. The molecule has 0 spiro atoms. The normalized spacial score (nSPS) is 17.4. The standard InChI is InChI=1S/C27H26FNO5/c1-2-3-4-15-33-21-13-9-18(10-14-21)24-23(25(30)19-7-11-20(28)12-8-19)26(31)27(32)29(24)17-22-6-5-16-34-22/h5-14,16,24,30H,2-4,15,17H2,1H3/b25-23+. The number of unbranched alkanes of at least 4 members (excludes halogenated alkanes) is 2. The van der Waals surface area contributed by atoms with Gasteiger partial charge < -0.3 is 19.2 Å². The predicted molar refractivity (Wildman–Crippen MR) is 124 cm³/mol. The van der Waals surface area contributed by atoms with Crippen molar-refractivity contribution in [2.24, 2.45) is 0 Å². The van der Waals surface area contributed by atoms with Crippen molar-refractivity contribution in [1.29, 1.82) is 0 Å². The van der Waals surface area contributed by atoms with E-state index < -0.39 is 23.5 Å². The van der Waals surface area contributed by atoms with Crippen LogP contribution in [0.1, 0.15) is 49.1 Å². The van der Waals surface area contributed by atoms with Crippen LogP contribution in [0.25, 0.3) is 5.76 Å². The van der Waals surface area contributed by atoms with E-state index in [1.807, 2.05) is 0 Å². The topological polar surface area (TPSA) is 80.0 Å². The number of hydrogen-bond acceptors (Lipinski definition) is 5. The molecular formula is C27H26FNO5. The highest BCUT2D eigenvalue weighted by Gasteiger charge is 2.46. The van der Waals surface area contributed by atoms with Gasteiger partial charge in [-0.15, -0.1) is 0 Å². The Morgan fingerprint density at radius 2 is 1.79 bits per heavy atom. The molecule has 4 rings (SSSR count). The Morgan fingerprint density at radius 3 is 2.44 bits per heavy atom. The molecule has 0 saturated carbocycles. The molecule has 7 heteroatoms. The summed E-state index contributed by atoms with van der Waals surface area (Å²) in [7, 11) is 0. The number of aliphatic hydroxyl groups excluding tert-OH is 1. The van der Waals surface area contributed by atoms with Crippen LogP contribution in [0.15, 0.2) is 76.9 Å². The lowest BCUT2D eigenvalue weighted by atomic mass is 9.95. The van der Waals surface area contributed by atoms with Gasteiger partial charge in [-0.1, -0.05) is 31.9 Å². The second kappa shape index (κ2) is 10.4. The average molecular weight is 464 g/mol. The number of aliphatic hydroxyl groups is 1. The van der Waals surface area contributed by atoms with Gasteiger partial charge in [-0.2, -0.15) is 0 Å². The van der Waals surface area contributed by atoms with Gasteiger partial charge in [-0.25, -0.2) is 4.39 Å². The van der Waals surface area contributed by atoms with Crippen molar-refractivity contribution in [2.45, 2.75) is 38.8 Å². The summed E-state index contributed by atoms with van der Waals surface area (Å²) in [5.41, 5.74) is 0.827. The van der Waals surface area contributed by atoms with Crippen LogP contribution in [0.3, 0.4) is 0 Å². The Bertz CT molecular complexity index is 1170. The van der Waals surface area contributed by atoms with E-state index in [0.29, 0.717) is 23.7 Å². The van der Waals surface area contributed by atoms with E-state index >= 15 is 0 Å². The molecule has 3 aromatic rings. The zero-order valence-electron chi connectivity index (χ0n) is 18.9. The second-order valence-corrected chi connectivity index (χ2v) is 8.14. The molecule has 6 nitrogen and oxygen atoms in total. The number of likely N-dealkylation sites (tertiary alicyclic amines) is 1. The molecule has 1 aromatic heterocycles. The molecule has 2 heterocycles. The van der Waals surface area contributed by atoms with Crippen LogP contribution in [0.5, 0.6) is 5.75 Å². The number of benzene rings is 2. The van der Waals surface area contributed by atoms with Crippen molar-refractivity contribution in [3.63, 3.8) is 0 Å². The number of rotatable bonds is 9. The number of furan rings is 1. The third kappa shape index (κ3) is 4.88. The zero-order valence-corrected chi connectivity index (χ0v) is 18.9. The van der Waals surface area contributed by atoms with Crippen molar-refractivity contribution in [3.8, 4) is 5.75 Å². The third-order valence-electron chi connectivity index (χ3n) is 5.78. The second-order valence-electron chi connectivity index (χ2n) is 8.14. The van der Waals surface area contributed by atoms with Gasteiger partial charge in [0.05, 0.1) is 31.0 Å². The van der Waals surface area contributed by atoms with Gasteiger partial charge in [0, 0.05) is 5.56 Å². The summed E-state index contributed by atoms with van der Waals surface area (Å²) >= 11 is 0. The highest BCUT2D eigenvalue weighted by molar-refractivity contribution is 6.46. The molecule has 1 aliphatic heterocycles. The average Bonchev–Trinajstić information content (AvgIpc) is 3.45. The summed E-state index contributed by atoms with van der Waals surface area (Å²) in [6, 6.07) is 14.8. The summed E-state index contributed by atoms with van der Waals surface area (Å²) in [6.45, 7) is 2.78. The van der Waals surface area contributed by atoms with Crippen molar-refractivity contribution < 1.29 is 28.2 Å². The van der Waals surface area contributed by atoms with E-state index in [4.69, 9.17) is 9.15 Å². The maximum atomic E-state index is 13.4. The van der Waals surface area contributed by atoms with E-state index in [-0.39, 0.29) is 23.4 Å². The lowest BCUT2D eigenvalue weighted by Gasteiger charge is -2.24. The number of ketones is 1. The Hall–Kier alpha value is -3.87. The fraction of sp³-hybridized carbons (Fsp3) is 0.259. The number of nitrogens with zero attached hydrogens (tertiary/aromatic N) is 1. The number of Topliss-reactive ketones (excluding diaryl/α,β-unsaturated/α-hetero) is 1.